The summed E-state index contributed by atoms with van der Waals surface area (Å²) < 4.78 is 1.67. The first-order valence-electron chi connectivity index (χ1n) is 9.92. The van der Waals surface area contributed by atoms with Gasteiger partial charge in [0.15, 0.2) is 0 Å². The number of carbonyl (C=O) groups is 1. The molecule has 1 fully saturated rings. The average Bonchev–Trinajstić information content (AvgIpc) is 3.11. The SMILES string of the molecule is C[C@@H]1C[C@H](c2ccc(C=N)c3ncccc23)CN(CC(=O)Nc2cnn(C)c2)C1. The fourth-order valence-corrected chi connectivity index (χ4v) is 4.39. The van der Waals surface area contributed by atoms with Gasteiger partial charge >= 0.3 is 0 Å². The molecule has 1 aromatic carbocycles. The number of rotatable bonds is 5. The molecule has 0 radical (unpaired) electrons. The molecule has 2 atom stereocenters. The Kier molecular flexibility index (Phi) is 5.40. The maximum atomic E-state index is 12.5. The summed E-state index contributed by atoms with van der Waals surface area (Å²) in [5, 5.41) is 15.8. The van der Waals surface area contributed by atoms with Gasteiger partial charge < -0.3 is 10.7 Å². The smallest absolute Gasteiger partial charge is 0.238 e. The fraction of sp³-hybridized carbons (Fsp3) is 0.364. The maximum absolute atomic E-state index is 12.5. The van der Waals surface area contributed by atoms with Gasteiger partial charge in [0.2, 0.25) is 5.91 Å². The van der Waals surface area contributed by atoms with E-state index in [0.717, 1.165) is 41.7 Å². The summed E-state index contributed by atoms with van der Waals surface area (Å²) in [6, 6.07) is 8.14. The van der Waals surface area contributed by atoms with E-state index in [9.17, 15) is 4.79 Å². The van der Waals surface area contributed by atoms with Crippen LogP contribution in [0.1, 0.15) is 30.4 Å². The van der Waals surface area contributed by atoms with Crippen molar-refractivity contribution in [2.45, 2.75) is 19.3 Å². The summed E-state index contributed by atoms with van der Waals surface area (Å²) >= 11 is 0. The molecule has 29 heavy (non-hydrogen) atoms. The van der Waals surface area contributed by atoms with Crippen LogP contribution in [0.4, 0.5) is 5.69 Å². The van der Waals surface area contributed by atoms with Crippen molar-refractivity contribution in [1.29, 1.82) is 5.41 Å². The van der Waals surface area contributed by atoms with E-state index in [-0.39, 0.29) is 5.91 Å². The number of benzene rings is 1. The number of piperidine rings is 1. The minimum absolute atomic E-state index is 0.0171. The molecule has 1 saturated heterocycles. The van der Waals surface area contributed by atoms with Gasteiger partial charge in [0.1, 0.15) is 0 Å². The number of anilines is 1. The van der Waals surface area contributed by atoms with E-state index in [1.54, 1.807) is 23.3 Å². The Balaban J connectivity index is 1.53. The Morgan fingerprint density at radius 3 is 2.97 bits per heavy atom. The third kappa shape index (κ3) is 4.19. The second-order valence-electron chi connectivity index (χ2n) is 7.97. The third-order valence-corrected chi connectivity index (χ3v) is 5.52. The van der Waals surface area contributed by atoms with Crippen LogP contribution in [0.15, 0.2) is 42.9 Å². The molecule has 7 heteroatoms. The molecule has 0 aliphatic carbocycles. The molecule has 150 valence electrons. The number of hydrogen-bond donors (Lipinski definition) is 2. The van der Waals surface area contributed by atoms with Gasteiger partial charge in [-0.05, 0) is 29.9 Å². The lowest BCUT2D eigenvalue weighted by molar-refractivity contribution is -0.117. The van der Waals surface area contributed by atoms with Crippen LogP contribution < -0.4 is 5.32 Å². The molecular formula is C22H26N6O. The topological polar surface area (TPSA) is 86.9 Å². The normalized spacial score (nSPS) is 19.9. The van der Waals surface area contributed by atoms with Crippen LogP contribution in [0.3, 0.4) is 0 Å². The Hall–Kier alpha value is -3.06. The van der Waals surface area contributed by atoms with Crippen molar-refractivity contribution in [2.75, 3.05) is 25.0 Å². The molecule has 0 bridgehead atoms. The summed E-state index contributed by atoms with van der Waals surface area (Å²) in [5.74, 6) is 0.807. The van der Waals surface area contributed by atoms with E-state index in [1.807, 2.05) is 19.2 Å². The lowest BCUT2D eigenvalue weighted by Crippen LogP contribution is -2.42. The number of hydrogen-bond acceptors (Lipinski definition) is 5. The summed E-state index contributed by atoms with van der Waals surface area (Å²) in [7, 11) is 1.83. The highest BCUT2D eigenvalue weighted by atomic mass is 16.2. The highest BCUT2D eigenvalue weighted by molar-refractivity contribution is 5.98. The van der Waals surface area contributed by atoms with Crippen molar-refractivity contribution in [3.05, 3.63) is 54.0 Å². The second-order valence-corrected chi connectivity index (χ2v) is 7.97. The molecule has 1 aliphatic rings. The number of likely N-dealkylation sites (tertiary alicyclic amines) is 1. The lowest BCUT2D eigenvalue weighted by atomic mass is 9.83. The first-order valence-corrected chi connectivity index (χ1v) is 9.92. The number of aryl methyl sites for hydroxylation is 1. The van der Waals surface area contributed by atoms with E-state index < -0.39 is 0 Å². The van der Waals surface area contributed by atoms with E-state index in [2.05, 4.69) is 39.4 Å². The molecular weight excluding hydrogens is 364 g/mol. The molecule has 0 unspecified atom stereocenters. The highest BCUT2D eigenvalue weighted by Gasteiger charge is 2.28. The number of amides is 1. The minimum atomic E-state index is -0.0171. The fourth-order valence-electron chi connectivity index (χ4n) is 4.39. The van der Waals surface area contributed by atoms with Crippen molar-refractivity contribution in [3.63, 3.8) is 0 Å². The summed E-state index contributed by atoms with van der Waals surface area (Å²) in [6.45, 7) is 4.35. The van der Waals surface area contributed by atoms with Gasteiger partial charge in [0.25, 0.3) is 0 Å². The quantitative estimate of drug-likeness (QED) is 0.656. The Labute approximate surface area is 170 Å². The van der Waals surface area contributed by atoms with Crippen molar-refractivity contribution in [1.82, 2.24) is 19.7 Å². The highest BCUT2D eigenvalue weighted by Crippen LogP contribution is 2.34. The monoisotopic (exact) mass is 390 g/mol. The van der Waals surface area contributed by atoms with Gasteiger partial charge in [0.05, 0.1) is 23.9 Å². The van der Waals surface area contributed by atoms with Crippen molar-refractivity contribution in [2.24, 2.45) is 13.0 Å². The maximum Gasteiger partial charge on any atom is 0.238 e. The zero-order valence-electron chi connectivity index (χ0n) is 16.8. The van der Waals surface area contributed by atoms with Crippen molar-refractivity contribution < 1.29 is 4.79 Å². The Morgan fingerprint density at radius 1 is 1.34 bits per heavy atom. The van der Waals surface area contributed by atoms with Crippen LogP contribution in [-0.2, 0) is 11.8 Å². The minimum Gasteiger partial charge on any atom is -0.322 e. The van der Waals surface area contributed by atoms with Crippen LogP contribution in [0.25, 0.3) is 10.9 Å². The standard InChI is InChI=1S/C22H26N6O/c1-15-8-17(19-6-5-16(9-23)22-20(19)4-3-7-24-22)12-28(11-15)14-21(29)26-18-10-25-27(2)13-18/h3-7,9-10,13,15,17,23H,8,11-12,14H2,1-2H3,(H,26,29)/t15-,17+/m1/s1. The third-order valence-electron chi connectivity index (χ3n) is 5.52. The first kappa shape index (κ1) is 19.3. The summed E-state index contributed by atoms with van der Waals surface area (Å²) in [6.07, 6.45) is 7.66. The lowest BCUT2D eigenvalue weighted by Gasteiger charge is -2.36. The molecule has 2 N–H and O–H groups in total. The number of nitrogens with zero attached hydrogens (tertiary/aromatic N) is 4. The van der Waals surface area contributed by atoms with Gasteiger partial charge in [-0.2, -0.15) is 5.10 Å². The van der Waals surface area contributed by atoms with Crippen LogP contribution in [0.2, 0.25) is 0 Å². The Bertz CT molecular complexity index is 1040. The molecule has 3 heterocycles. The first-order chi connectivity index (χ1) is 14.0. The van der Waals surface area contributed by atoms with E-state index in [4.69, 9.17) is 5.41 Å². The largest absolute Gasteiger partial charge is 0.322 e. The van der Waals surface area contributed by atoms with Crippen molar-refractivity contribution >= 4 is 28.7 Å². The molecule has 2 aromatic heterocycles. The van der Waals surface area contributed by atoms with Gasteiger partial charge in [-0.15, -0.1) is 0 Å². The molecule has 0 saturated carbocycles. The van der Waals surface area contributed by atoms with Crippen molar-refractivity contribution in [3.8, 4) is 0 Å². The Morgan fingerprint density at radius 2 is 2.21 bits per heavy atom. The molecule has 7 nitrogen and oxygen atoms in total. The number of fused-ring (bicyclic) bond motifs is 1. The zero-order valence-corrected chi connectivity index (χ0v) is 16.8. The number of aromatic nitrogens is 3. The van der Waals surface area contributed by atoms with Crippen LogP contribution in [0.5, 0.6) is 0 Å². The van der Waals surface area contributed by atoms with Crippen LogP contribution >= 0.6 is 0 Å². The van der Waals surface area contributed by atoms with E-state index in [0.29, 0.717) is 18.4 Å². The van der Waals surface area contributed by atoms with Gasteiger partial charge in [0, 0.05) is 49.7 Å². The molecule has 1 aliphatic heterocycles. The van der Waals surface area contributed by atoms with Gasteiger partial charge in [-0.1, -0.05) is 25.1 Å². The number of carbonyl (C=O) groups excluding carboxylic acids is 1. The summed E-state index contributed by atoms with van der Waals surface area (Å²) in [5.41, 5.74) is 3.68. The average molecular weight is 390 g/mol. The van der Waals surface area contributed by atoms with Crippen LogP contribution in [-0.4, -0.2) is 51.4 Å². The van der Waals surface area contributed by atoms with E-state index >= 15 is 0 Å². The number of pyridine rings is 1. The predicted molar refractivity (Wildman–Crippen MR) is 114 cm³/mol. The molecule has 4 rings (SSSR count). The predicted octanol–water partition coefficient (Wildman–Crippen LogP) is 3.03. The molecule has 3 aromatic rings. The number of nitrogens with one attached hydrogen (secondary N) is 2. The molecule has 0 spiro atoms. The molecule has 1 amide bonds. The second kappa shape index (κ2) is 8.13. The van der Waals surface area contributed by atoms with E-state index in [1.165, 1.54) is 11.8 Å². The van der Waals surface area contributed by atoms with Crippen LogP contribution in [0, 0.1) is 11.3 Å². The summed E-state index contributed by atoms with van der Waals surface area (Å²) in [4.78, 5) is 19.3. The van der Waals surface area contributed by atoms with Gasteiger partial charge in [-0.3, -0.25) is 19.4 Å². The zero-order chi connectivity index (χ0) is 20.4. The van der Waals surface area contributed by atoms with Gasteiger partial charge in [-0.25, -0.2) is 0 Å².